The van der Waals surface area contributed by atoms with Crippen molar-refractivity contribution in [2.75, 3.05) is 11.4 Å². The van der Waals surface area contributed by atoms with E-state index in [2.05, 4.69) is 36.5 Å². The second-order valence-electron chi connectivity index (χ2n) is 9.10. The molecular weight excluding hydrogens is 480 g/mol. The van der Waals surface area contributed by atoms with Gasteiger partial charge in [-0.05, 0) is 60.3 Å². The Balaban J connectivity index is 1.33. The van der Waals surface area contributed by atoms with Gasteiger partial charge >= 0.3 is 0 Å². The fourth-order valence-corrected chi connectivity index (χ4v) is 4.86. The van der Waals surface area contributed by atoms with Gasteiger partial charge < -0.3 is 14.4 Å². The zero-order chi connectivity index (χ0) is 25.6. The standard InChI is InChI=1S/C31H30N2O3S/c1-2-3-16-29(36-28-15-9-13-22-10-7-8-14-26(22)28)35-25-18-17-23-19-20-33(27(23)21-25)31(37)32-30(34)24-11-5-4-6-12-24/h4-15,17-18,21,29H,2-3,16,19-20H2,1H3,(H,32,34,37). The van der Waals surface area contributed by atoms with Gasteiger partial charge in [-0.1, -0.05) is 74.0 Å². The van der Waals surface area contributed by atoms with Crippen molar-refractivity contribution >= 4 is 39.7 Å². The Labute approximate surface area is 223 Å². The number of carbonyl (C=O) groups is 1. The second-order valence-corrected chi connectivity index (χ2v) is 9.49. The van der Waals surface area contributed by atoms with Gasteiger partial charge in [0, 0.05) is 30.0 Å². The van der Waals surface area contributed by atoms with Gasteiger partial charge in [-0.15, -0.1) is 0 Å². The summed E-state index contributed by atoms with van der Waals surface area (Å²) in [4.78, 5) is 14.6. The normalized spacial score (nSPS) is 13.2. The van der Waals surface area contributed by atoms with E-state index in [1.165, 1.54) is 5.56 Å². The van der Waals surface area contributed by atoms with Crippen molar-refractivity contribution in [2.45, 2.75) is 38.9 Å². The molecule has 0 saturated carbocycles. The highest BCUT2D eigenvalue weighted by Gasteiger charge is 2.25. The number of nitrogens with zero attached hydrogens (tertiary/aromatic N) is 1. The highest BCUT2D eigenvalue weighted by Crippen LogP contribution is 2.33. The molecule has 6 heteroatoms. The number of hydrogen-bond acceptors (Lipinski definition) is 4. The fourth-order valence-electron chi connectivity index (χ4n) is 4.57. The molecule has 0 saturated heterocycles. The summed E-state index contributed by atoms with van der Waals surface area (Å²) in [7, 11) is 0. The monoisotopic (exact) mass is 510 g/mol. The number of amides is 1. The van der Waals surface area contributed by atoms with Crippen LogP contribution in [0.2, 0.25) is 0 Å². The number of anilines is 1. The first-order chi connectivity index (χ1) is 18.1. The number of hydrogen-bond donors (Lipinski definition) is 1. The number of benzene rings is 4. The first-order valence-corrected chi connectivity index (χ1v) is 13.1. The van der Waals surface area contributed by atoms with E-state index in [4.69, 9.17) is 21.7 Å². The molecule has 0 radical (unpaired) electrons. The summed E-state index contributed by atoms with van der Waals surface area (Å²) in [6.45, 7) is 2.87. The van der Waals surface area contributed by atoms with Crippen molar-refractivity contribution in [1.29, 1.82) is 0 Å². The third kappa shape index (κ3) is 5.75. The van der Waals surface area contributed by atoms with Crippen LogP contribution >= 0.6 is 12.2 Å². The molecule has 1 N–H and O–H groups in total. The van der Waals surface area contributed by atoms with Crippen LogP contribution in [0.4, 0.5) is 5.69 Å². The highest BCUT2D eigenvalue weighted by atomic mass is 32.1. The lowest BCUT2D eigenvalue weighted by molar-refractivity contribution is -0.000937. The predicted octanol–water partition coefficient (Wildman–Crippen LogP) is 6.89. The van der Waals surface area contributed by atoms with Crippen LogP contribution in [-0.4, -0.2) is 23.9 Å². The van der Waals surface area contributed by atoms with Gasteiger partial charge in [-0.25, -0.2) is 0 Å². The molecule has 5 rings (SSSR count). The number of fused-ring (bicyclic) bond motifs is 2. The lowest BCUT2D eigenvalue weighted by Crippen LogP contribution is -2.42. The predicted molar refractivity (Wildman–Crippen MR) is 153 cm³/mol. The number of rotatable bonds is 8. The molecule has 1 heterocycles. The van der Waals surface area contributed by atoms with Crippen LogP contribution < -0.4 is 19.7 Å². The molecule has 4 aromatic rings. The van der Waals surface area contributed by atoms with Gasteiger partial charge in [0.2, 0.25) is 6.29 Å². The maximum Gasteiger partial charge on any atom is 0.257 e. The largest absolute Gasteiger partial charge is 0.455 e. The van der Waals surface area contributed by atoms with Crippen LogP contribution in [-0.2, 0) is 6.42 Å². The zero-order valence-electron chi connectivity index (χ0n) is 20.9. The Bertz CT molecular complexity index is 1400. The Morgan fingerprint density at radius 1 is 0.973 bits per heavy atom. The molecule has 188 valence electrons. The topological polar surface area (TPSA) is 50.8 Å². The highest BCUT2D eigenvalue weighted by molar-refractivity contribution is 7.80. The number of carbonyl (C=O) groups excluding carboxylic acids is 1. The maximum atomic E-state index is 12.6. The Morgan fingerprint density at radius 3 is 2.59 bits per heavy atom. The molecule has 0 aliphatic carbocycles. The van der Waals surface area contributed by atoms with Crippen molar-refractivity contribution in [2.24, 2.45) is 0 Å². The van der Waals surface area contributed by atoms with Gasteiger partial charge in [0.05, 0.1) is 5.69 Å². The van der Waals surface area contributed by atoms with Gasteiger partial charge in [0.15, 0.2) is 5.11 Å². The SMILES string of the molecule is CCCCC(Oc1ccc2c(c1)N(C(=S)NC(=O)c1ccccc1)CC2)Oc1cccc2ccccc12. The van der Waals surface area contributed by atoms with E-state index in [0.29, 0.717) is 23.0 Å². The molecule has 0 aromatic heterocycles. The molecule has 37 heavy (non-hydrogen) atoms. The van der Waals surface area contributed by atoms with Gasteiger partial charge in [0.1, 0.15) is 11.5 Å². The zero-order valence-corrected chi connectivity index (χ0v) is 21.7. The van der Waals surface area contributed by atoms with E-state index in [-0.39, 0.29) is 5.91 Å². The van der Waals surface area contributed by atoms with Crippen molar-refractivity contribution in [3.8, 4) is 11.5 Å². The summed E-state index contributed by atoms with van der Waals surface area (Å²) in [6.07, 6.45) is 3.23. The number of nitrogens with one attached hydrogen (secondary N) is 1. The lowest BCUT2D eigenvalue weighted by Gasteiger charge is -2.24. The second kappa shape index (κ2) is 11.4. The summed E-state index contributed by atoms with van der Waals surface area (Å²) in [5.74, 6) is 1.31. The van der Waals surface area contributed by atoms with E-state index in [1.807, 2.05) is 59.5 Å². The summed E-state index contributed by atoms with van der Waals surface area (Å²) >= 11 is 5.61. The van der Waals surface area contributed by atoms with Gasteiger partial charge in [-0.2, -0.15) is 0 Å². The minimum absolute atomic E-state index is 0.213. The molecule has 1 aliphatic rings. The average molecular weight is 511 g/mol. The Kier molecular flexibility index (Phi) is 7.66. The molecule has 0 fully saturated rings. The lowest BCUT2D eigenvalue weighted by atomic mass is 10.1. The van der Waals surface area contributed by atoms with Crippen LogP contribution in [0.1, 0.15) is 42.1 Å². The molecule has 1 aliphatic heterocycles. The number of ether oxygens (including phenoxy) is 2. The molecule has 4 aromatic carbocycles. The van der Waals surface area contributed by atoms with E-state index in [1.54, 1.807) is 12.1 Å². The first kappa shape index (κ1) is 24.8. The summed E-state index contributed by atoms with van der Waals surface area (Å²) < 4.78 is 12.8. The van der Waals surface area contributed by atoms with Crippen LogP contribution in [0.5, 0.6) is 11.5 Å². The quantitative estimate of drug-likeness (QED) is 0.207. The third-order valence-corrected chi connectivity index (χ3v) is 6.85. The van der Waals surface area contributed by atoms with Crippen molar-refractivity contribution < 1.29 is 14.3 Å². The molecular formula is C31H30N2O3S. The van der Waals surface area contributed by atoms with Crippen molar-refractivity contribution in [3.05, 3.63) is 102 Å². The molecule has 5 nitrogen and oxygen atoms in total. The van der Waals surface area contributed by atoms with Crippen molar-refractivity contribution in [1.82, 2.24) is 5.32 Å². The Morgan fingerprint density at radius 2 is 1.76 bits per heavy atom. The van der Waals surface area contributed by atoms with Crippen molar-refractivity contribution in [3.63, 3.8) is 0 Å². The summed E-state index contributed by atoms with van der Waals surface area (Å²) in [6, 6.07) is 29.4. The smallest absolute Gasteiger partial charge is 0.257 e. The van der Waals surface area contributed by atoms with E-state index >= 15 is 0 Å². The fraction of sp³-hybridized carbons (Fsp3) is 0.226. The summed E-state index contributed by atoms with van der Waals surface area (Å²) in [5, 5.41) is 5.46. The van der Waals surface area contributed by atoms with E-state index in [9.17, 15) is 4.79 Å². The minimum atomic E-state index is -0.427. The average Bonchev–Trinajstić information content (AvgIpc) is 3.36. The van der Waals surface area contributed by atoms with E-state index in [0.717, 1.165) is 47.9 Å². The maximum absolute atomic E-state index is 12.6. The van der Waals surface area contributed by atoms with Crippen LogP contribution in [0.25, 0.3) is 10.8 Å². The first-order valence-electron chi connectivity index (χ1n) is 12.7. The van der Waals surface area contributed by atoms with Crippen LogP contribution in [0.3, 0.4) is 0 Å². The van der Waals surface area contributed by atoms with Gasteiger partial charge in [0.25, 0.3) is 5.91 Å². The third-order valence-electron chi connectivity index (χ3n) is 6.52. The molecule has 1 unspecified atom stereocenters. The minimum Gasteiger partial charge on any atom is -0.455 e. The van der Waals surface area contributed by atoms with E-state index < -0.39 is 6.29 Å². The van der Waals surface area contributed by atoms with Gasteiger partial charge in [-0.3, -0.25) is 10.1 Å². The number of unbranched alkanes of at least 4 members (excludes halogenated alkanes) is 1. The molecule has 1 amide bonds. The van der Waals surface area contributed by atoms with Crippen LogP contribution in [0, 0.1) is 0 Å². The molecule has 0 bridgehead atoms. The summed E-state index contributed by atoms with van der Waals surface area (Å²) in [5.41, 5.74) is 2.70. The Hall–Kier alpha value is -3.90. The molecule has 1 atom stereocenters. The molecule has 0 spiro atoms. The number of thiocarbonyl (C=S) groups is 1. The van der Waals surface area contributed by atoms with Crippen LogP contribution in [0.15, 0.2) is 91.0 Å².